The summed E-state index contributed by atoms with van der Waals surface area (Å²) in [5.41, 5.74) is 4.51. The van der Waals surface area contributed by atoms with Gasteiger partial charge >= 0.3 is 10.0 Å². The van der Waals surface area contributed by atoms with Crippen molar-refractivity contribution in [3.8, 4) is 5.88 Å². The third-order valence-electron chi connectivity index (χ3n) is 5.68. The van der Waals surface area contributed by atoms with Crippen LogP contribution >= 0.6 is 11.3 Å². The number of benzene rings is 3. The van der Waals surface area contributed by atoms with Crippen molar-refractivity contribution in [2.75, 3.05) is 4.83 Å². The van der Waals surface area contributed by atoms with E-state index in [9.17, 15) is 13.5 Å². The van der Waals surface area contributed by atoms with Gasteiger partial charge in [-0.15, -0.1) is 11.3 Å². The minimum Gasteiger partial charge on any atom is -0.494 e. The Morgan fingerprint density at radius 1 is 1.03 bits per heavy atom. The van der Waals surface area contributed by atoms with Gasteiger partial charge in [-0.1, -0.05) is 27.7 Å². The van der Waals surface area contributed by atoms with Gasteiger partial charge in [-0.2, -0.15) is 8.42 Å². The molecule has 0 bridgehead atoms. The zero-order valence-electron chi connectivity index (χ0n) is 18.1. The number of aromatic amines is 1. The molecule has 3 aromatic heterocycles. The topological polar surface area (TPSA) is 111 Å². The van der Waals surface area contributed by atoms with Gasteiger partial charge in [0.1, 0.15) is 0 Å². The molecule has 0 spiro atoms. The molecule has 10 heteroatoms. The zero-order chi connectivity index (χ0) is 24.0. The molecule has 35 heavy (non-hydrogen) atoms. The summed E-state index contributed by atoms with van der Waals surface area (Å²) in [6, 6.07) is 19.5. The molecule has 0 unspecified atom stereocenters. The first kappa shape index (κ1) is 21.3. The summed E-state index contributed by atoms with van der Waals surface area (Å²) < 4.78 is 28.1. The van der Waals surface area contributed by atoms with Crippen molar-refractivity contribution < 1.29 is 18.2 Å². The van der Waals surface area contributed by atoms with Crippen LogP contribution in [-0.2, 0) is 10.0 Å². The summed E-state index contributed by atoms with van der Waals surface area (Å²) in [5, 5.41) is 13.2. The number of hydrogen-bond donors (Lipinski definition) is 3. The fourth-order valence-corrected chi connectivity index (χ4v) is 5.81. The summed E-state index contributed by atoms with van der Waals surface area (Å²) >= 11 is 1.49. The van der Waals surface area contributed by atoms with E-state index in [2.05, 4.69) is 19.8 Å². The third-order valence-corrected chi connectivity index (χ3v) is 7.88. The number of H-pyrrole nitrogens is 1. The molecule has 6 rings (SSSR count). The smallest absolute Gasteiger partial charge is 0.306 e. The number of aliphatic imine (C=N–C) groups is 1. The first-order valence-electron chi connectivity index (χ1n) is 10.6. The van der Waals surface area contributed by atoms with Crippen molar-refractivity contribution in [1.29, 1.82) is 0 Å². The average molecular weight is 501 g/mol. The van der Waals surface area contributed by atoms with E-state index in [-0.39, 0.29) is 10.8 Å². The van der Waals surface area contributed by atoms with Crippen molar-refractivity contribution in [1.82, 2.24) is 9.97 Å². The number of rotatable bonds is 5. The molecule has 0 radical (unpaired) electrons. The van der Waals surface area contributed by atoms with Crippen LogP contribution in [-0.4, -0.2) is 29.7 Å². The molecule has 0 aliphatic rings. The van der Waals surface area contributed by atoms with Crippen molar-refractivity contribution >= 4 is 65.2 Å². The van der Waals surface area contributed by atoms with Crippen LogP contribution in [0.3, 0.4) is 0 Å². The van der Waals surface area contributed by atoms with E-state index < -0.39 is 10.0 Å². The molecule has 3 N–H and O–H groups in total. The maximum atomic E-state index is 12.9. The molecular formula is C25H18N5O3S2+. The van der Waals surface area contributed by atoms with Crippen LogP contribution in [0.2, 0.25) is 0 Å². The number of thiazole rings is 1. The van der Waals surface area contributed by atoms with Crippen LogP contribution in [0.4, 0.5) is 5.69 Å². The average Bonchev–Trinajstić information content (AvgIpc) is 3.46. The van der Waals surface area contributed by atoms with E-state index in [4.69, 9.17) is 0 Å². The van der Waals surface area contributed by atoms with Crippen molar-refractivity contribution in [3.63, 3.8) is 0 Å². The Bertz CT molecular complexity index is 1860. The van der Waals surface area contributed by atoms with Crippen LogP contribution in [0, 0.1) is 0 Å². The predicted molar refractivity (Wildman–Crippen MR) is 138 cm³/mol. The summed E-state index contributed by atoms with van der Waals surface area (Å²) in [7, 11) is -3.80. The van der Waals surface area contributed by atoms with Crippen molar-refractivity contribution in [3.05, 3.63) is 90.2 Å². The molecule has 0 saturated heterocycles. The summed E-state index contributed by atoms with van der Waals surface area (Å²) in [4.78, 5) is 14.4. The lowest BCUT2D eigenvalue weighted by molar-refractivity contribution is -0.635. The van der Waals surface area contributed by atoms with Gasteiger partial charge in [0, 0.05) is 23.1 Å². The second-order valence-electron chi connectivity index (χ2n) is 7.90. The molecule has 3 heterocycles. The number of fused-ring (bicyclic) bond motifs is 4. The first-order valence-corrected chi connectivity index (χ1v) is 13.0. The number of aromatic nitrogens is 3. The normalized spacial score (nSPS) is 12.2. The highest BCUT2D eigenvalue weighted by Gasteiger charge is 2.19. The standard InChI is InChI=1S/C25H17N5O3S2/c31-25-20(23-21(28-25)9-10-22-24(23)34-15-27-22)13-26-18-5-7-19(8-6-18)35(32,33)29-30-12-11-16-3-1-2-4-17(16)14-30/h1-15,29H,(H-,26,28,31)/p+1. The van der Waals surface area contributed by atoms with Crippen LogP contribution in [0.25, 0.3) is 31.9 Å². The molecular weight excluding hydrogens is 482 g/mol. The highest BCUT2D eigenvalue weighted by Crippen LogP contribution is 2.34. The lowest BCUT2D eigenvalue weighted by Gasteiger charge is -2.04. The summed E-state index contributed by atoms with van der Waals surface area (Å²) in [5.74, 6) is 0.0143. The van der Waals surface area contributed by atoms with Gasteiger partial charge in [-0.05, 0) is 47.9 Å². The van der Waals surface area contributed by atoms with E-state index >= 15 is 0 Å². The van der Waals surface area contributed by atoms with Gasteiger partial charge in [0.05, 0.1) is 37.4 Å². The van der Waals surface area contributed by atoms with Gasteiger partial charge in [-0.3, -0.25) is 4.99 Å². The van der Waals surface area contributed by atoms with E-state index in [1.807, 2.05) is 42.5 Å². The van der Waals surface area contributed by atoms with Gasteiger partial charge in [0.25, 0.3) is 0 Å². The van der Waals surface area contributed by atoms with Gasteiger partial charge in [-0.25, -0.2) is 4.98 Å². The fourth-order valence-electron chi connectivity index (χ4n) is 3.97. The molecule has 0 aliphatic heterocycles. The lowest BCUT2D eigenvalue weighted by Crippen LogP contribution is -2.47. The molecule has 0 fully saturated rings. The predicted octanol–water partition coefficient (Wildman–Crippen LogP) is 4.61. The van der Waals surface area contributed by atoms with Crippen molar-refractivity contribution in [2.24, 2.45) is 4.99 Å². The number of sulfonamides is 1. The Labute approximate surface area is 203 Å². The zero-order valence-corrected chi connectivity index (χ0v) is 19.7. The molecule has 6 aromatic rings. The first-order chi connectivity index (χ1) is 17.0. The van der Waals surface area contributed by atoms with E-state index in [0.29, 0.717) is 11.3 Å². The van der Waals surface area contributed by atoms with E-state index in [0.717, 1.165) is 31.9 Å². The summed E-state index contributed by atoms with van der Waals surface area (Å²) in [6.07, 6.45) is 4.95. The Morgan fingerprint density at radius 3 is 2.66 bits per heavy atom. The van der Waals surface area contributed by atoms with Crippen LogP contribution in [0.1, 0.15) is 5.56 Å². The molecule has 0 aliphatic carbocycles. The number of nitrogens with one attached hydrogen (secondary N) is 2. The SMILES string of the molecule is O=S(=O)(N[n+]1ccc2ccccc2c1)c1ccc(N=Cc2c(O)[nH]c3ccc4ncsc4c23)cc1. The Morgan fingerprint density at radius 2 is 1.83 bits per heavy atom. The van der Waals surface area contributed by atoms with Gasteiger partial charge < -0.3 is 10.1 Å². The van der Waals surface area contributed by atoms with Crippen LogP contribution in [0.5, 0.6) is 5.88 Å². The maximum Gasteiger partial charge on any atom is 0.306 e. The van der Waals surface area contributed by atoms with Crippen LogP contribution < -0.4 is 9.51 Å². The van der Waals surface area contributed by atoms with E-state index in [1.165, 1.54) is 28.1 Å². The second kappa shape index (κ2) is 8.19. The number of nitrogens with zero attached hydrogens (tertiary/aromatic N) is 3. The molecule has 0 atom stereocenters. The number of aromatic hydroxyl groups is 1. The Hall–Kier alpha value is -4.28. The molecule has 8 nitrogen and oxygen atoms in total. The second-order valence-corrected chi connectivity index (χ2v) is 10.4. The third kappa shape index (κ3) is 3.88. The number of pyridine rings is 1. The van der Waals surface area contributed by atoms with Gasteiger partial charge in [0.15, 0.2) is 5.88 Å². The molecule has 0 amide bonds. The fraction of sp³-hybridized carbons (Fsp3) is 0. The van der Waals surface area contributed by atoms with E-state index in [1.54, 1.807) is 36.3 Å². The number of hydrogen-bond acceptors (Lipinski definition) is 6. The largest absolute Gasteiger partial charge is 0.494 e. The van der Waals surface area contributed by atoms with Crippen molar-refractivity contribution in [2.45, 2.75) is 4.90 Å². The maximum absolute atomic E-state index is 12.9. The molecule has 3 aromatic carbocycles. The molecule has 172 valence electrons. The minimum atomic E-state index is -3.80. The Kier molecular flexibility index (Phi) is 4.97. The summed E-state index contributed by atoms with van der Waals surface area (Å²) in [6.45, 7) is 0. The molecule has 0 saturated carbocycles. The lowest BCUT2D eigenvalue weighted by atomic mass is 10.1. The highest BCUT2D eigenvalue weighted by atomic mass is 32.2. The van der Waals surface area contributed by atoms with Crippen LogP contribution in [0.15, 0.2) is 94.5 Å². The Balaban J connectivity index is 1.27. The quantitative estimate of drug-likeness (QED) is 0.237. The minimum absolute atomic E-state index is 0.0143. The highest BCUT2D eigenvalue weighted by molar-refractivity contribution is 7.92. The van der Waals surface area contributed by atoms with Gasteiger partial charge in [0.2, 0.25) is 12.4 Å². The monoisotopic (exact) mass is 500 g/mol.